The maximum absolute atomic E-state index is 11.9. The molecule has 1 aromatic rings. The van der Waals surface area contributed by atoms with Crippen molar-refractivity contribution < 1.29 is 19.1 Å². The third-order valence-corrected chi connectivity index (χ3v) is 3.39. The zero-order chi connectivity index (χ0) is 15.7. The monoisotopic (exact) mass is 312 g/mol. The molecule has 1 rings (SSSR count). The van der Waals surface area contributed by atoms with Crippen molar-refractivity contribution in [3.8, 4) is 5.75 Å². The average molecular weight is 312 g/mol. The summed E-state index contributed by atoms with van der Waals surface area (Å²) in [6, 6.07) is 5.81. The van der Waals surface area contributed by atoms with Crippen LogP contribution in [0.4, 0.5) is 10.5 Å². The first-order valence-corrected chi connectivity index (χ1v) is 7.78. The fraction of sp³-hybridized carbons (Fsp3) is 0.429. The molecule has 1 atom stereocenters. The van der Waals surface area contributed by atoms with Gasteiger partial charge in [0, 0.05) is 5.69 Å². The molecule has 1 aromatic carbocycles. The quantitative estimate of drug-likeness (QED) is 0.754. The fourth-order valence-electron chi connectivity index (χ4n) is 1.63. The van der Waals surface area contributed by atoms with Gasteiger partial charge in [-0.2, -0.15) is 11.8 Å². The van der Waals surface area contributed by atoms with Crippen molar-refractivity contribution in [2.24, 2.45) is 0 Å². The number of ether oxygens (including phenoxy) is 2. The molecule has 0 heterocycles. The molecule has 21 heavy (non-hydrogen) atoms. The summed E-state index contributed by atoms with van der Waals surface area (Å²) in [7, 11) is 2.87. The number of nitrogens with one attached hydrogen (secondary N) is 2. The number of methoxy groups -OCH3 is 2. The van der Waals surface area contributed by atoms with Crippen LogP contribution in [0, 0.1) is 0 Å². The molecule has 0 aliphatic heterocycles. The third kappa shape index (κ3) is 5.95. The topological polar surface area (TPSA) is 76.7 Å². The van der Waals surface area contributed by atoms with Crippen molar-refractivity contribution in [3.63, 3.8) is 0 Å². The van der Waals surface area contributed by atoms with Crippen molar-refractivity contribution in [2.75, 3.05) is 31.5 Å². The van der Waals surface area contributed by atoms with E-state index in [0.717, 1.165) is 5.75 Å². The highest BCUT2D eigenvalue weighted by atomic mass is 32.2. The zero-order valence-electron chi connectivity index (χ0n) is 12.3. The molecule has 116 valence electrons. The minimum Gasteiger partial charge on any atom is -0.497 e. The van der Waals surface area contributed by atoms with Gasteiger partial charge in [-0.25, -0.2) is 9.59 Å². The van der Waals surface area contributed by atoms with Crippen LogP contribution in [0.1, 0.15) is 6.42 Å². The zero-order valence-corrected chi connectivity index (χ0v) is 13.2. The summed E-state index contributed by atoms with van der Waals surface area (Å²) < 4.78 is 9.72. The number of urea groups is 1. The summed E-state index contributed by atoms with van der Waals surface area (Å²) in [5.41, 5.74) is 0.613. The number of carbonyl (C=O) groups is 2. The number of anilines is 1. The molecule has 0 aliphatic rings. The number of amides is 2. The summed E-state index contributed by atoms with van der Waals surface area (Å²) in [6.07, 6.45) is 2.45. The molecule has 0 radical (unpaired) electrons. The number of thioether (sulfide) groups is 1. The highest BCUT2D eigenvalue weighted by Gasteiger charge is 2.20. The van der Waals surface area contributed by atoms with Gasteiger partial charge in [0.05, 0.1) is 14.2 Å². The van der Waals surface area contributed by atoms with Gasteiger partial charge in [0.15, 0.2) is 0 Å². The van der Waals surface area contributed by atoms with E-state index in [9.17, 15) is 9.59 Å². The Balaban J connectivity index is 2.57. The molecule has 0 saturated heterocycles. The second-order valence-corrected chi connectivity index (χ2v) is 5.17. The molecule has 0 spiro atoms. The second-order valence-electron chi connectivity index (χ2n) is 4.18. The number of esters is 1. The fourth-order valence-corrected chi connectivity index (χ4v) is 2.10. The van der Waals surface area contributed by atoms with Gasteiger partial charge in [-0.3, -0.25) is 0 Å². The summed E-state index contributed by atoms with van der Waals surface area (Å²) in [6.45, 7) is 0. The van der Waals surface area contributed by atoms with Gasteiger partial charge in [-0.1, -0.05) is 0 Å². The minimum absolute atomic E-state index is 0.448. The van der Waals surface area contributed by atoms with Gasteiger partial charge in [0.2, 0.25) is 0 Å². The van der Waals surface area contributed by atoms with Crippen LogP contribution in [-0.4, -0.2) is 44.3 Å². The predicted molar refractivity (Wildman–Crippen MR) is 84.0 cm³/mol. The Kier molecular flexibility index (Phi) is 7.45. The number of hydrogen-bond acceptors (Lipinski definition) is 5. The van der Waals surface area contributed by atoms with E-state index >= 15 is 0 Å². The van der Waals surface area contributed by atoms with Crippen molar-refractivity contribution in [1.29, 1.82) is 0 Å². The van der Waals surface area contributed by atoms with E-state index < -0.39 is 18.0 Å². The molecule has 2 N–H and O–H groups in total. The van der Waals surface area contributed by atoms with Crippen LogP contribution in [0.25, 0.3) is 0 Å². The van der Waals surface area contributed by atoms with Gasteiger partial charge in [0.1, 0.15) is 11.8 Å². The molecule has 0 fully saturated rings. The van der Waals surface area contributed by atoms with E-state index in [1.807, 2.05) is 6.26 Å². The summed E-state index contributed by atoms with van der Waals surface area (Å²) in [5.74, 6) is 1.00. The molecule has 0 unspecified atom stereocenters. The molecule has 6 nitrogen and oxygen atoms in total. The third-order valence-electron chi connectivity index (χ3n) is 2.75. The van der Waals surface area contributed by atoms with Gasteiger partial charge < -0.3 is 20.1 Å². The second kappa shape index (κ2) is 9.12. The van der Waals surface area contributed by atoms with Crippen LogP contribution in [0.15, 0.2) is 24.3 Å². The van der Waals surface area contributed by atoms with E-state index in [1.165, 1.54) is 7.11 Å². The van der Waals surface area contributed by atoms with Gasteiger partial charge in [-0.15, -0.1) is 0 Å². The number of carbonyl (C=O) groups excluding carboxylic acids is 2. The minimum atomic E-state index is -0.652. The Bertz CT molecular complexity index is 465. The molecular weight excluding hydrogens is 292 g/mol. The van der Waals surface area contributed by atoms with E-state index in [1.54, 1.807) is 43.1 Å². The van der Waals surface area contributed by atoms with E-state index in [4.69, 9.17) is 4.74 Å². The Labute approximate surface area is 128 Å². The Hall–Kier alpha value is -1.89. The van der Waals surface area contributed by atoms with Crippen LogP contribution in [0.2, 0.25) is 0 Å². The smallest absolute Gasteiger partial charge is 0.328 e. The molecule has 0 aliphatic carbocycles. The highest BCUT2D eigenvalue weighted by molar-refractivity contribution is 7.98. The lowest BCUT2D eigenvalue weighted by molar-refractivity contribution is -0.142. The number of hydrogen-bond donors (Lipinski definition) is 2. The molecular formula is C14H20N2O4S. The lowest BCUT2D eigenvalue weighted by Gasteiger charge is -2.16. The van der Waals surface area contributed by atoms with Crippen LogP contribution >= 0.6 is 11.8 Å². The first-order chi connectivity index (χ1) is 10.1. The highest BCUT2D eigenvalue weighted by Crippen LogP contribution is 2.14. The first-order valence-electron chi connectivity index (χ1n) is 6.39. The van der Waals surface area contributed by atoms with Gasteiger partial charge in [0.25, 0.3) is 0 Å². The Morgan fingerprint density at radius 1 is 1.24 bits per heavy atom. The standard InChI is InChI=1S/C14H20N2O4S/c1-19-11-6-4-10(5-7-11)15-14(18)16-12(8-9-21-3)13(17)20-2/h4-7,12H,8-9H2,1-3H3,(H2,15,16,18)/t12-/m1/s1. The summed E-state index contributed by atoms with van der Waals surface area (Å²) in [5, 5.41) is 5.27. The molecule has 2 amide bonds. The molecule has 0 saturated carbocycles. The lowest BCUT2D eigenvalue weighted by Crippen LogP contribution is -2.44. The average Bonchev–Trinajstić information content (AvgIpc) is 2.51. The maximum atomic E-state index is 11.9. The van der Waals surface area contributed by atoms with Crippen LogP contribution in [-0.2, 0) is 9.53 Å². The van der Waals surface area contributed by atoms with Crippen LogP contribution < -0.4 is 15.4 Å². The van der Waals surface area contributed by atoms with Crippen molar-refractivity contribution >= 4 is 29.4 Å². The Morgan fingerprint density at radius 3 is 2.43 bits per heavy atom. The van der Waals surface area contributed by atoms with Crippen LogP contribution in [0.3, 0.4) is 0 Å². The van der Waals surface area contributed by atoms with E-state index in [2.05, 4.69) is 15.4 Å². The lowest BCUT2D eigenvalue weighted by atomic mass is 10.2. The first kappa shape index (κ1) is 17.2. The molecule has 0 aromatic heterocycles. The van der Waals surface area contributed by atoms with E-state index in [-0.39, 0.29) is 0 Å². The SMILES string of the molecule is COC(=O)[C@@H](CCSC)NC(=O)Nc1ccc(OC)cc1. The van der Waals surface area contributed by atoms with Crippen molar-refractivity contribution in [1.82, 2.24) is 5.32 Å². The molecule has 0 bridgehead atoms. The van der Waals surface area contributed by atoms with Crippen molar-refractivity contribution in [2.45, 2.75) is 12.5 Å². The normalized spacial score (nSPS) is 11.4. The number of benzene rings is 1. The maximum Gasteiger partial charge on any atom is 0.328 e. The Morgan fingerprint density at radius 2 is 1.90 bits per heavy atom. The summed E-state index contributed by atoms with van der Waals surface area (Å²) >= 11 is 1.60. The van der Waals surface area contributed by atoms with Gasteiger partial charge >= 0.3 is 12.0 Å². The predicted octanol–water partition coefficient (Wildman–Crippen LogP) is 2.11. The van der Waals surface area contributed by atoms with Crippen LogP contribution in [0.5, 0.6) is 5.75 Å². The number of rotatable bonds is 7. The van der Waals surface area contributed by atoms with E-state index in [0.29, 0.717) is 17.9 Å². The molecule has 7 heteroatoms. The summed E-state index contributed by atoms with van der Waals surface area (Å²) in [4.78, 5) is 23.5. The largest absolute Gasteiger partial charge is 0.497 e. The van der Waals surface area contributed by atoms with Gasteiger partial charge in [-0.05, 0) is 42.7 Å². The van der Waals surface area contributed by atoms with Crippen molar-refractivity contribution in [3.05, 3.63) is 24.3 Å².